The Morgan fingerprint density at radius 3 is 2.82 bits per heavy atom. The standard InChI is InChI=1S/C18H26N2O2/c1-2-20(18(22)14-8-10-15(21)11-9-14)16-7-3-5-13-6-4-12-19-17(13)16/h4,6,12,14-16,21H,2-3,5,7-11H2,1H3/t14?,15?,16-/m1/s1. The molecule has 0 aliphatic heterocycles. The van der Waals surface area contributed by atoms with Crippen molar-refractivity contribution in [1.29, 1.82) is 0 Å². The van der Waals surface area contributed by atoms with E-state index in [1.54, 1.807) is 0 Å². The number of pyridine rings is 1. The van der Waals surface area contributed by atoms with Crippen molar-refractivity contribution in [2.75, 3.05) is 6.54 Å². The Morgan fingerprint density at radius 2 is 2.09 bits per heavy atom. The summed E-state index contributed by atoms with van der Waals surface area (Å²) in [6, 6.07) is 4.26. The van der Waals surface area contributed by atoms with E-state index >= 15 is 0 Å². The lowest BCUT2D eigenvalue weighted by Gasteiger charge is -2.37. The minimum atomic E-state index is -0.212. The van der Waals surface area contributed by atoms with Gasteiger partial charge in [0.15, 0.2) is 0 Å². The lowest BCUT2D eigenvalue weighted by Crippen LogP contribution is -2.42. The molecule has 1 amide bonds. The van der Waals surface area contributed by atoms with Crippen LogP contribution in [-0.4, -0.2) is 33.5 Å². The maximum absolute atomic E-state index is 13.0. The molecule has 120 valence electrons. The molecule has 0 radical (unpaired) electrons. The van der Waals surface area contributed by atoms with Crippen LogP contribution in [-0.2, 0) is 11.2 Å². The third kappa shape index (κ3) is 3.02. The van der Waals surface area contributed by atoms with Crippen LogP contribution in [0.1, 0.15) is 62.7 Å². The summed E-state index contributed by atoms with van der Waals surface area (Å²) < 4.78 is 0. The number of rotatable bonds is 3. The van der Waals surface area contributed by atoms with Crippen LogP contribution < -0.4 is 0 Å². The van der Waals surface area contributed by atoms with Gasteiger partial charge in [0.25, 0.3) is 0 Å². The molecule has 1 atom stereocenters. The average molecular weight is 302 g/mol. The fourth-order valence-corrected chi connectivity index (χ4v) is 3.98. The van der Waals surface area contributed by atoms with Gasteiger partial charge >= 0.3 is 0 Å². The molecule has 0 saturated heterocycles. The Labute approximate surface area is 132 Å². The molecule has 1 saturated carbocycles. The lowest BCUT2D eigenvalue weighted by atomic mass is 9.85. The normalized spacial score (nSPS) is 28.0. The third-order valence-electron chi connectivity index (χ3n) is 5.21. The van der Waals surface area contributed by atoms with Crippen LogP contribution in [0.25, 0.3) is 0 Å². The van der Waals surface area contributed by atoms with Crippen LogP contribution in [0.15, 0.2) is 18.3 Å². The summed E-state index contributed by atoms with van der Waals surface area (Å²) in [4.78, 5) is 19.6. The van der Waals surface area contributed by atoms with Crippen LogP contribution in [0.2, 0.25) is 0 Å². The number of aliphatic hydroxyl groups excluding tert-OH is 1. The molecule has 2 aliphatic carbocycles. The van der Waals surface area contributed by atoms with Crippen molar-refractivity contribution in [3.63, 3.8) is 0 Å². The van der Waals surface area contributed by atoms with Crippen LogP contribution in [0.3, 0.4) is 0 Å². The molecule has 0 spiro atoms. The van der Waals surface area contributed by atoms with E-state index in [2.05, 4.69) is 18.0 Å². The first-order valence-electron chi connectivity index (χ1n) is 8.63. The number of aromatic nitrogens is 1. The topological polar surface area (TPSA) is 53.4 Å². The Balaban J connectivity index is 1.78. The van der Waals surface area contributed by atoms with Crippen molar-refractivity contribution in [3.05, 3.63) is 29.6 Å². The number of fused-ring (bicyclic) bond motifs is 1. The van der Waals surface area contributed by atoms with E-state index in [-0.39, 0.29) is 24.0 Å². The van der Waals surface area contributed by atoms with Gasteiger partial charge in [-0.2, -0.15) is 0 Å². The van der Waals surface area contributed by atoms with Crippen LogP contribution in [0.5, 0.6) is 0 Å². The van der Waals surface area contributed by atoms with Crippen molar-refractivity contribution >= 4 is 5.91 Å². The van der Waals surface area contributed by atoms with Crippen molar-refractivity contribution in [2.24, 2.45) is 5.92 Å². The summed E-state index contributed by atoms with van der Waals surface area (Å²) in [5, 5.41) is 9.65. The fourth-order valence-electron chi connectivity index (χ4n) is 3.98. The first-order valence-corrected chi connectivity index (χ1v) is 8.63. The summed E-state index contributed by atoms with van der Waals surface area (Å²) >= 11 is 0. The smallest absolute Gasteiger partial charge is 0.226 e. The number of carbonyl (C=O) groups excluding carboxylic acids is 1. The van der Waals surface area contributed by atoms with Crippen LogP contribution in [0.4, 0.5) is 0 Å². The molecule has 1 heterocycles. The largest absolute Gasteiger partial charge is 0.393 e. The van der Waals surface area contributed by atoms with E-state index in [4.69, 9.17) is 0 Å². The summed E-state index contributed by atoms with van der Waals surface area (Å²) in [6.45, 7) is 2.80. The Hall–Kier alpha value is -1.42. The minimum absolute atomic E-state index is 0.0810. The lowest BCUT2D eigenvalue weighted by molar-refractivity contribution is -0.140. The molecule has 1 aromatic heterocycles. The van der Waals surface area contributed by atoms with Gasteiger partial charge in [-0.3, -0.25) is 9.78 Å². The number of aryl methyl sites for hydroxylation is 1. The number of nitrogens with zero attached hydrogens (tertiary/aromatic N) is 2. The van der Waals surface area contributed by atoms with Gasteiger partial charge in [0.2, 0.25) is 5.91 Å². The highest BCUT2D eigenvalue weighted by Crippen LogP contribution is 2.35. The van der Waals surface area contributed by atoms with Gasteiger partial charge < -0.3 is 10.0 Å². The quantitative estimate of drug-likeness (QED) is 0.934. The zero-order valence-electron chi connectivity index (χ0n) is 13.4. The number of amides is 1. The zero-order chi connectivity index (χ0) is 15.5. The van der Waals surface area contributed by atoms with Crippen molar-refractivity contribution < 1.29 is 9.90 Å². The second-order valence-corrected chi connectivity index (χ2v) is 6.59. The van der Waals surface area contributed by atoms with Gasteiger partial charge in [-0.25, -0.2) is 0 Å². The first kappa shape index (κ1) is 15.5. The molecule has 1 N–H and O–H groups in total. The second-order valence-electron chi connectivity index (χ2n) is 6.59. The van der Waals surface area contributed by atoms with Crippen molar-refractivity contribution in [3.8, 4) is 0 Å². The molecule has 0 aromatic carbocycles. The Kier molecular flexibility index (Phi) is 4.77. The Morgan fingerprint density at radius 1 is 1.32 bits per heavy atom. The van der Waals surface area contributed by atoms with E-state index in [1.165, 1.54) is 5.56 Å². The molecule has 1 fully saturated rings. The fraction of sp³-hybridized carbons (Fsp3) is 0.667. The summed E-state index contributed by atoms with van der Waals surface area (Å²) in [5.41, 5.74) is 2.39. The van der Waals surface area contributed by atoms with Crippen molar-refractivity contribution in [2.45, 2.75) is 64.0 Å². The highest BCUT2D eigenvalue weighted by molar-refractivity contribution is 5.79. The number of hydrogen-bond acceptors (Lipinski definition) is 3. The predicted octanol–water partition coefficient (Wildman–Crippen LogP) is 2.86. The van der Waals surface area contributed by atoms with Crippen LogP contribution >= 0.6 is 0 Å². The van der Waals surface area contributed by atoms with E-state index < -0.39 is 0 Å². The molecule has 2 aliphatic rings. The van der Waals surface area contributed by atoms with Gasteiger partial charge in [-0.15, -0.1) is 0 Å². The van der Waals surface area contributed by atoms with Gasteiger partial charge in [-0.1, -0.05) is 6.07 Å². The van der Waals surface area contributed by atoms with E-state index in [9.17, 15) is 9.90 Å². The van der Waals surface area contributed by atoms with Gasteiger partial charge in [-0.05, 0) is 63.5 Å². The van der Waals surface area contributed by atoms with Crippen molar-refractivity contribution in [1.82, 2.24) is 9.88 Å². The van der Waals surface area contributed by atoms with E-state index in [1.807, 2.05) is 17.2 Å². The summed E-state index contributed by atoms with van der Waals surface area (Å²) in [5.74, 6) is 0.343. The number of hydrogen-bond donors (Lipinski definition) is 1. The molecule has 3 rings (SSSR count). The summed E-state index contributed by atoms with van der Waals surface area (Å²) in [7, 11) is 0. The molecule has 1 aromatic rings. The minimum Gasteiger partial charge on any atom is -0.393 e. The predicted molar refractivity (Wildman–Crippen MR) is 85.3 cm³/mol. The first-order chi connectivity index (χ1) is 10.7. The molecular formula is C18H26N2O2. The average Bonchev–Trinajstić information content (AvgIpc) is 2.56. The molecule has 4 nitrogen and oxygen atoms in total. The zero-order valence-corrected chi connectivity index (χ0v) is 13.4. The van der Waals surface area contributed by atoms with Crippen LogP contribution in [0, 0.1) is 5.92 Å². The highest BCUT2D eigenvalue weighted by Gasteiger charge is 2.34. The third-order valence-corrected chi connectivity index (χ3v) is 5.21. The molecular weight excluding hydrogens is 276 g/mol. The number of aliphatic hydroxyl groups is 1. The van der Waals surface area contributed by atoms with E-state index in [0.717, 1.165) is 57.2 Å². The maximum atomic E-state index is 13.0. The summed E-state index contributed by atoms with van der Waals surface area (Å²) in [6.07, 6.45) is 7.98. The van der Waals surface area contributed by atoms with E-state index in [0.29, 0.717) is 0 Å². The van der Waals surface area contributed by atoms with Gasteiger partial charge in [0.05, 0.1) is 17.8 Å². The Bertz CT molecular complexity index is 524. The maximum Gasteiger partial charge on any atom is 0.226 e. The molecule has 4 heteroatoms. The monoisotopic (exact) mass is 302 g/mol. The van der Waals surface area contributed by atoms with Gasteiger partial charge in [0, 0.05) is 18.7 Å². The highest BCUT2D eigenvalue weighted by atomic mass is 16.3. The SMILES string of the molecule is CCN(C(=O)C1CCC(O)CC1)[C@@H]1CCCc2cccnc21. The van der Waals surface area contributed by atoms with Gasteiger partial charge in [0.1, 0.15) is 0 Å². The second kappa shape index (κ2) is 6.78. The number of carbonyl (C=O) groups is 1. The molecule has 22 heavy (non-hydrogen) atoms. The molecule has 0 unspecified atom stereocenters. The molecule has 0 bridgehead atoms.